The van der Waals surface area contributed by atoms with Crippen molar-refractivity contribution >= 4 is 33.3 Å². The van der Waals surface area contributed by atoms with Gasteiger partial charge >= 0.3 is 0 Å². The summed E-state index contributed by atoms with van der Waals surface area (Å²) in [6.07, 6.45) is 3.83. The Bertz CT molecular complexity index is 808. The second-order valence-corrected chi connectivity index (χ2v) is 6.87. The Morgan fingerprint density at radius 2 is 2.24 bits per heavy atom. The number of fused-ring (bicyclic) bond motifs is 1. The lowest BCUT2D eigenvalue weighted by molar-refractivity contribution is 0.263. The predicted molar refractivity (Wildman–Crippen MR) is 80.5 cm³/mol. The highest BCUT2D eigenvalue weighted by atomic mass is 32.2. The topological polar surface area (TPSA) is 76.7 Å². The van der Waals surface area contributed by atoms with Crippen molar-refractivity contribution in [2.24, 2.45) is 0 Å². The maximum atomic E-state index is 9.39. The lowest BCUT2D eigenvalue weighted by Gasteiger charge is -2.06. The van der Waals surface area contributed by atoms with Crippen LogP contribution >= 0.6 is 23.1 Å². The van der Waals surface area contributed by atoms with Crippen LogP contribution in [0.4, 0.5) is 0 Å². The third kappa shape index (κ3) is 2.23. The molecule has 108 valence electrons. The molecule has 0 atom stereocenters. The van der Waals surface area contributed by atoms with E-state index in [0.29, 0.717) is 11.9 Å². The average molecular weight is 319 g/mol. The monoisotopic (exact) mass is 319 g/mol. The Labute approximate surface area is 129 Å². The van der Waals surface area contributed by atoms with Crippen molar-refractivity contribution < 1.29 is 5.11 Å². The second-order valence-electron chi connectivity index (χ2n) is 5.04. The molecule has 0 unspecified atom stereocenters. The molecule has 1 saturated carbocycles. The molecule has 0 amide bonds. The highest BCUT2D eigenvalue weighted by Crippen LogP contribution is 2.41. The molecule has 1 aliphatic rings. The van der Waals surface area contributed by atoms with Gasteiger partial charge in [0.1, 0.15) is 18.0 Å². The van der Waals surface area contributed by atoms with E-state index in [2.05, 4.69) is 32.5 Å². The van der Waals surface area contributed by atoms with Crippen LogP contribution in [0.5, 0.6) is 0 Å². The van der Waals surface area contributed by atoms with E-state index >= 15 is 0 Å². The number of aliphatic hydroxyl groups excluding tert-OH is 1. The smallest absolute Gasteiger partial charge is 0.197 e. The van der Waals surface area contributed by atoms with Gasteiger partial charge in [0, 0.05) is 6.04 Å². The predicted octanol–water partition coefficient (Wildman–Crippen LogP) is 2.57. The van der Waals surface area contributed by atoms with Crippen molar-refractivity contribution in [1.82, 2.24) is 24.7 Å². The molecule has 0 bridgehead atoms. The van der Waals surface area contributed by atoms with Crippen molar-refractivity contribution in [2.75, 3.05) is 0 Å². The number of thiophene rings is 1. The van der Waals surface area contributed by atoms with Gasteiger partial charge in [0.25, 0.3) is 0 Å². The molecule has 0 aliphatic heterocycles. The van der Waals surface area contributed by atoms with E-state index in [-0.39, 0.29) is 6.61 Å². The number of rotatable bonds is 4. The molecule has 0 aromatic carbocycles. The van der Waals surface area contributed by atoms with Crippen LogP contribution in [-0.2, 0) is 6.61 Å². The van der Waals surface area contributed by atoms with Crippen LogP contribution in [0.1, 0.15) is 30.3 Å². The van der Waals surface area contributed by atoms with E-state index in [1.54, 1.807) is 17.7 Å². The highest BCUT2D eigenvalue weighted by Gasteiger charge is 2.30. The fraction of sp³-hybridized carbons (Fsp3) is 0.385. The number of hydrogen-bond acceptors (Lipinski definition) is 7. The Hall–Kier alpha value is -1.51. The molecule has 4 rings (SSSR count). The summed E-state index contributed by atoms with van der Waals surface area (Å²) in [4.78, 5) is 8.73. The van der Waals surface area contributed by atoms with Gasteiger partial charge in [-0.1, -0.05) is 0 Å². The quantitative estimate of drug-likeness (QED) is 0.745. The molecule has 0 radical (unpaired) electrons. The fourth-order valence-corrected chi connectivity index (χ4v) is 4.34. The van der Waals surface area contributed by atoms with Crippen molar-refractivity contribution in [3.05, 3.63) is 23.1 Å². The normalized spacial score (nSPS) is 15.0. The minimum Gasteiger partial charge on any atom is -0.388 e. The highest BCUT2D eigenvalue weighted by molar-refractivity contribution is 7.99. The van der Waals surface area contributed by atoms with E-state index in [9.17, 15) is 5.11 Å². The average Bonchev–Trinajstić information content (AvgIpc) is 3.15. The molecule has 0 spiro atoms. The molecular weight excluding hydrogens is 306 g/mol. The van der Waals surface area contributed by atoms with E-state index in [1.165, 1.54) is 17.3 Å². The molecule has 3 aromatic heterocycles. The number of aromatic nitrogens is 5. The van der Waals surface area contributed by atoms with Gasteiger partial charge in [-0.05, 0) is 42.5 Å². The summed E-state index contributed by atoms with van der Waals surface area (Å²) in [5.41, 5.74) is 2.16. The SMILES string of the molecule is Cc1csc2c(Sc3nnc(CO)n3C3CC3)ncnc12. The Morgan fingerprint density at radius 3 is 3.00 bits per heavy atom. The van der Waals surface area contributed by atoms with Crippen LogP contribution in [0, 0.1) is 6.92 Å². The standard InChI is InChI=1S/C13H13N5OS2/c1-7-5-20-11-10(7)14-6-15-12(11)21-13-17-16-9(4-19)18(13)8-2-3-8/h5-6,8,19H,2-4H2,1H3. The van der Waals surface area contributed by atoms with Crippen LogP contribution in [0.3, 0.4) is 0 Å². The maximum absolute atomic E-state index is 9.39. The summed E-state index contributed by atoms with van der Waals surface area (Å²) in [5, 5.41) is 21.5. The summed E-state index contributed by atoms with van der Waals surface area (Å²) in [6, 6.07) is 0.423. The van der Waals surface area contributed by atoms with Crippen molar-refractivity contribution in [2.45, 2.75) is 42.6 Å². The van der Waals surface area contributed by atoms with Crippen LogP contribution < -0.4 is 0 Å². The molecule has 1 fully saturated rings. The molecule has 8 heteroatoms. The van der Waals surface area contributed by atoms with E-state index < -0.39 is 0 Å². The molecule has 6 nitrogen and oxygen atoms in total. The first-order valence-corrected chi connectivity index (χ1v) is 8.39. The van der Waals surface area contributed by atoms with Crippen LogP contribution in [0.25, 0.3) is 10.2 Å². The first-order chi connectivity index (χ1) is 10.3. The molecule has 0 saturated heterocycles. The zero-order valence-electron chi connectivity index (χ0n) is 11.4. The first-order valence-electron chi connectivity index (χ1n) is 6.69. The van der Waals surface area contributed by atoms with E-state index in [4.69, 9.17) is 0 Å². The number of aliphatic hydroxyl groups is 1. The molecule has 1 N–H and O–H groups in total. The van der Waals surface area contributed by atoms with Crippen LogP contribution in [0.2, 0.25) is 0 Å². The van der Waals surface area contributed by atoms with Gasteiger partial charge in [0.05, 0.1) is 10.2 Å². The van der Waals surface area contributed by atoms with Gasteiger partial charge < -0.3 is 9.67 Å². The summed E-state index contributed by atoms with van der Waals surface area (Å²) in [7, 11) is 0. The Morgan fingerprint density at radius 1 is 1.38 bits per heavy atom. The largest absolute Gasteiger partial charge is 0.388 e. The van der Waals surface area contributed by atoms with Gasteiger partial charge in [-0.3, -0.25) is 0 Å². The zero-order chi connectivity index (χ0) is 14.4. The summed E-state index contributed by atoms with van der Waals surface area (Å²) in [5.74, 6) is 0.632. The Kier molecular flexibility index (Phi) is 3.16. The minimum absolute atomic E-state index is 0.0820. The lowest BCUT2D eigenvalue weighted by Crippen LogP contribution is -2.02. The summed E-state index contributed by atoms with van der Waals surface area (Å²) in [6.45, 7) is 1.97. The molecule has 3 heterocycles. The number of hydrogen-bond donors (Lipinski definition) is 1. The van der Waals surface area contributed by atoms with Gasteiger partial charge in [0.2, 0.25) is 0 Å². The van der Waals surface area contributed by atoms with Crippen molar-refractivity contribution in [1.29, 1.82) is 0 Å². The van der Waals surface area contributed by atoms with E-state index in [1.807, 2.05) is 4.57 Å². The van der Waals surface area contributed by atoms with Gasteiger partial charge in [0.15, 0.2) is 11.0 Å². The lowest BCUT2D eigenvalue weighted by atomic mass is 10.3. The molecule has 21 heavy (non-hydrogen) atoms. The zero-order valence-corrected chi connectivity index (χ0v) is 13.0. The van der Waals surface area contributed by atoms with E-state index in [0.717, 1.165) is 33.2 Å². The van der Waals surface area contributed by atoms with Crippen molar-refractivity contribution in [3.63, 3.8) is 0 Å². The maximum Gasteiger partial charge on any atom is 0.197 e. The van der Waals surface area contributed by atoms with Crippen molar-refractivity contribution in [3.8, 4) is 0 Å². The number of nitrogens with zero attached hydrogens (tertiary/aromatic N) is 5. The molecular formula is C13H13N5OS2. The minimum atomic E-state index is -0.0820. The van der Waals surface area contributed by atoms with Gasteiger partial charge in [-0.15, -0.1) is 21.5 Å². The third-order valence-electron chi connectivity index (χ3n) is 3.47. The van der Waals surface area contributed by atoms with Gasteiger partial charge in [-0.25, -0.2) is 9.97 Å². The van der Waals surface area contributed by atoms with Crippen LogP contribution in [0.15, 0.2) is 21.9 Å². The summed E-state index contributed by atoms with van der Waals surface area (Å²) >= 11 is 3.15. The van der Waals surface area contributed by atoms with Gasteiger partial charge in [-0.2, -0.15) is 0 Å². The second kappa shape index (κ2) is 5.04. The Balaban J connectivity index is 1.76. The fourth-order valence-electron chi connectivity index (χ4n) is 2.29. The third-order valence-corrected chi connectivity index (χ3v) is 5.66. The molecule has 1 aliphatic carbocycles. The first kappa shape index (κ1) is 13.2. The van der Waals surface area contributed by atoms with Crippen LogP contribution in [-0.4, -0.2) is 29.8 Å². The number of aryl methyl sites for hydroxylation is 1. The molecule has 3 aromatic rings. The summed E-state index contributed by atoms with van der Waals surface area (Å²) < 4.78 is 3.12.